The molecule has 0 bridgehead atoms. The van der Waals surface area contributed by atoms with Gasteiger partial charge in [-0.25, -0.2) is 4.39 Å². The third-order valence-electron chi connectivity index (χ3n) is 3.72. The van der Waals surface area contributed by atoms with Crippen LogP contribution in [0.4, 0.5) is 4.39 Å². The van der Waals surface area contributed by atoms with Crippen molar-refractivity contribution in [3.63, 3.8) is 0 Å². The fourth-order valence-electron chi connectivity index (χ4n) is 2.64. The molecule has 1 aliphatic carbocycles. The van der Waals surface area contributed by atoms with Crippen molar-refractivity contribution in [1.82, 2.24) is 5.32 Å². The third kappa shape index (κ3) is 3.34. The van der Waals surface area contributed by atoms with Crippen molar-refractivity contribution in [2.45, 2.75) is 31.7 Å². The third-order valence-corrected chi connectivity index (χ3v) is 4.38. The fourth-order valence-corrected chi connectivity index (χ4v) is 3.16. The number of nitrogens with two attached hydrogens (primary N) is 1. The molecule has 0 spiro atoms. The average molecular weight is 329 g/mol. The van der Waals surface area contributed by atoms with Gasteiger partial charge < -0.3 is 11.1 Å². The highest BCUT2D eigenvalue weighted by atomic mass is 79.9. The van der Waals surface area contributed by atoms with E-state index < -0.39 is 5.82 Å². The number of rotatable bonds is 3. The van der Waals surface area contributed by atoms with E-state index in [-0.39, 0.29) is 17.5 Å². The lowest BCUT2D eigenvalue weighted by molar-refractivity contribution is 0.0903. The smallest absolute Gasteiger partial charge is 0.255 e. The molecule has 5 heteroatoms. The van der Waals surface area contributed by atoms with Gasteiger partial charge in [-0.2, -0.15) is 0 Å². The van der Waals surface area contributed by atoms with Crippen LogP contribution in [-0.2, 0) is 0 Å². The topological polar surface area (TPSA) is 55.1 Å². The minimum absolute atomic E-state index is 0.0535. The van der Waals surface area contributed by atoms with E-state index in [1.165, 1.54) is 6.07 Å². The fraction of sp³-hybridized carbons (Fsp3) is 0.500. The monoisotopic (exact) mass is 328 g/mol. The van der Waals surface area contributed by atoms with Gasteiger partial charge in [0, 0.05) is 10.5 Å². The van der Waals surface area contributed by atoms with Crippen LogP contribution in [0.3, 0.4) is 0 Å². The molecule has 3 nitrogen and oxygen atoms in total. The Balaban J connectivity index is 2.12. The van der Waals surface area contributed by atoms with E-state index in [0.29, 0.717) is 16.9 Å². The summed E-state index contributed by atoms with van der Waals surface area (Å²) >= 11 is 3.22. The zero-order chi connectivity index (χ0) is 13.8. The van der Waals surface area contributed by atoms with Crippen molar-refractivity contribution < 1.29 is 9.18 Å². The first kappa shape index (κ1) is 14.5. The molecule has 1 amide bonds. The Morgan fingerprint density at radius 3 is 2.84 bits per heavy atom. The molecule has 2 unspecified atom stereocenters. The Kier molecular flexibility index (Phi) is 4.93. The predicted octanol–water partition coefficient (Wildman–Crippen LogP) is 2.84. The number of hydrogen-bond acceptors (Lipinski definition) is 2. The van der Waals surface area contributed by atoms with E-state index in [4.69, 9.17) is 5.73 Å². The molecule has 1 aliphatic rings. The van der Waals surface area contributed by atoms with Crippen molar-refractivity contribution in [3.05, 3.63) is 34.1 Å². The summed E-state index contributed by atoms with van der Waals surface area (Å²) in [4.78, 5) is 12.2. The van der Waals surface area contributed by atoms with Crippen LogP contribution in [0.15, 0.2) is 22.7 Å². The summed E-state index contributed by atoms with van der Waals surface area (Å²) in [5.41, 5.74) is 5.81. The van der Waals surface area contributed by atoms with Crippen LogP contribution in [0.5, 0.6) is 0 Å². The Labute approximate surface area is 120 Å². The molecule has 0 saturated heterocycles. The lowest BCUT2D eigenvalue weighted by atomic mass is 9.84. The number of hydrogen-bond donors (Lipinski definition) is 2. The molecule has 0 heterocycles. The zero-order valence-corrected chi connectivity index (χ0v) is 12.2. The van der Waals surface area contributed by atoms with Crippen molar-refractivity contribution >= 4 is 21.8 Å². The van der Waals surface area contributed by atoms with Crippen LogP contribution >= 0.6 is 15.9 Å². The molecule has 1 saturated carbocycles. The summed E-state index contributed by atoms with van der Waals surface area (Å²) in [6, 6.07) is 4.58. The van der Waals surface area contributed by atoms with Crippen molar-refractivity contribution in [1.29, 1.82) is 0 Å². The highest BCUT2D eigenvalue weighted by Gasteiger charge is 2.27. The summed E-state index contributed by atoms with van der Waals surface area (Å²) in [5.74, 6) is -0.578. The van der Waals surface area contributed by atoms with Crippen molar-refractivity contribution in [2.24, 2.45) is 11.7 Å². The molecule has 3 N–H and O–H groups in total. The molecular formula is C14H18BrFN2O. The first-order valence-electron chi connectivity index (χ1n) is 6.58. The Morgan fingerprint density at radius 2 is 2.16 bits per heavy atom. The number of nitrogens with one attached hydrogen (secondary N) is 1. The summed E-state index contributed by atoms with van der Waals surface area (Å²) < 4.78 is 14.2. The maximum Gasteiger partial charge on any atom is 0.255 e. The quantitative estimate of drug-likeness (QED) is 0.896. The molecule has 0 radical (unpaired) electrons. The van der Waals surface area contributed by atoms with Crippen LogP contribution in [0, 0.1) is 11.7 Å². The van der Waals surface area contributed by atoms with Crippen LogP contribution in [0.2, 0.25) is 0 Å². The SMILES string of the molecule is NCC1CCCCC1NC(=O)c1c(F)cccc1Br. The molecule has 104 valence electrons. The summed E-state index contributed by atoms with van der Waals surface area (Å²) in [7, 11) is 0. The standard InChI is InChI=1S/C14H18BrFN2O/c15-10-5-3-6-11(16)13(10)14(19)18-12-7-2-1-4-9(12)8-17/h3,5-6,9,12H,1-2,4,7-8,17H2,(H,18,19). The highest BCUT2D eigenvalue weighted by Crippen LogP contribution is 2.25. The lowest BCUT2D eigenvalue weighted by Crippen LogP contribution is -2.45. The van der Waals surface area contributed by atoms with E-state index in [9.17, 15) is 9.18 Å². The minimum atomic E-state index is -0.507. The zero-order valence-electron chi connectivity index (χ0n) is 10.7. The van der Waals surface area contributed by atoms with Gasteiger partial charge in [0.05, 0.1) is 5.56 Å². The lowest BCUT2D eigenvalue weighted by Gasteiger charge is -2.31. The molecule has 1 aromatic carbocycles. The van der Waals surface area contributed by atoms with E-state index in [2.05, 4.69) is 21.2 Å². The van der Waals surface area contributed by atoms with Crippen LogP contribution < -0.4 is 11.1 Å². The van der Waals surface area contributed by atoms with Crippen LogP contribution in [-0.4, -0.2) is 18.5 Å². The van der Waals surface area contributed by atoms with E-state index in [1.54, 1.807) is 12.1 Å². The van der Waals surface area contributed by atoms with Crippen molar-refractivity contribution in [3.8, 4) is 0 Å². The number of amides is 1. The van der Waals surface area contributed by atoms with Gasteiger partial charge in [0.1, 0.15) is 5.82 Å². The molecule has 1 fully saturated rings. The van der Waals surface area contributed by atoms with Gasteiger partial charge in [0.2, 0.25) is 0 Å². The van der Waals surface area contributed by atoms with Gasteiger partial charge in [0.15, 0.2) is 0 Å². The highest BCUT2D eigenvalue weighted by molar-refractivity contribution is 9.10. The van der Waals surface area contributed by atoms with Gasteiger partial charge in [-0.1, -0.05) is 18.9 Å². The van der Waals surface area contributed by atoms with Gasteiger partial charge >= 0.3 is 0 Å². The van der Waals surface area contributed by atoms with Gasteiger partial charge in [-0.05, 0) is 53.4 Å². The average Bonchev–Trinajstić information content (AvgIpc) is 2.39. The Morgan fingerprint density at radius 1 is 1.42 bits per heavy atom. The van der Waals surface area contributed by atoms with Gasteiger partial charge in [-0.3, -0.25) is 4.79 Å². The summed E-state index contributed by atoms with van der Waals surface area (Å²) in [5, 5.41) is 2.93. The van der Waals surface area contributed by atoms with E-state index in [1.807, 2.05) is 0 Å². The Bertz CT molecular complexity index is 447. The van der Waals surface area contributed by atoms with Crippen molar-refractivity contribution in [2.75, 3.05) is 6.54 Å². The molecule has 2 rings (SSSR count). The molecule has 2 atom stereocenters. The molecule has 19 heavy (non-hydrogen) atoms. The molecule has 1 aromatic rings. The largest absolute Gasteiger partial charge is 0.349 e. The maximum absolute atomic E-state index is 13.7. The number of halogens is 2. The van der Waals surface area contributed by atoms with Crippen LogP contribution in [0.1, 0.15) is 36.0 Å². The number of carbonyl (C=O) groups excluding carboxylic acids is 1. The minimum Gasteiger partial charge on any atom is -0.349 e. The van der Waals surface area contributed by atoms with Gasteiger partial charge in [-0.15, -0.1) is 0 Å². The second-order valence-electron chi connectivity index (χ2n) is 4.96. The second-order valence-corrected chi connectivity index (χ2v) is 5.81. The normalized spacial score (nSPS) is 23.1. The van der Waals surface area contributed by atoms with Gasteiger partial charge in [0.25, 0.3) is 5.91 Å². The van der Waals surface area contributed by atoms with E-state index in [0.717, 1.165) is 25.7 Å². The first-order valence-corrected chi connectivity index (χ1v) is 7.37. The molecule has 0 aliphatic heterocycles. The second kappa shape index (κ2) is 6.48. The first-order chi connectivity index (χ1) is 9.13. The predicted molar refractivity (Wildman–Crippen MR) is 76.4 cm³/mol. The molecular weight excluding hydrogens is 311 g/mol. The molecule has 0 aromatic heterocycles. The summed E-state index contributed by atoms with van der Waals surface area (Å²) in [6.07, 6.45) is 4.18. The number of benzene rings is 1. The van der Waals surface area contributed by atoms with E-state index >= 15 is 0 Å². The van der Waals surface area contributed by atoms with Crippen LogP contribution in [0.25, 0.3) is 0 Å². The Hall–Kier alpha value is -0.940. The number of carbonyl (C=O) groups is 1. The maximum atomic E-state index is 13.7. The summed E-state index contributed by atoms with van der Waals surface area (Å²) in [6.45, 7) is 0.559.